The van der Waals surface area contributed by atoms with Crippen molar-refractivity contribution in [2.24, 2.45) is 0 Å². The molecule has 0 aromatic heterocycles. The van der Waals surface area contributed by atoms with E-state index in [1.54, 1.807) is 12.1 Å². The average Bonchev–Trinajstić information content (AvgIpc) is 2.70. The Labute approximate surface area is 94.8 Å². The molecule has 0 saturated carbocycles. The summed E-state index contributed by atoms with van der Waals surface area (Å²) >= 11 is 0. The van der Waals surface area contributed by atoms with Crippen LogP contribution in [0.1, 0.15) is 12.8 Å². The lowest BCUT2D eigenvalue weighted by Crippen LogP contribution is -2.20. The molecule has 0 radical (unpaired) electrons. The summed E-state index contributed by atoms with van der Waals surface area (Å²) in [4.78, 5) is -0.00880. The molecule has 1 aliphatic rings. The predicted octanol–water partition coefficient (Wildman–Crippen LogP) is 1.34. The summed E-state index contributed by atoms with van der Waals surface area (Å²) < 4.78 is 29.2. The Balaban J connectivity index is 2.21. The van der Waals surface area contributed by atoms with Crippen molar-refractivity contribution in [3.63, 3.8) is 0 Å². The maximum absolute atomic E-state index is 12.0. The van der Waals surface area contributed by atoms with Crippen molar-refractivity contribution in [2.45, 2.75) is 23.8 Å². The number of hydrogen-bond donors (Lipinski definition) is 1. The van der Waals surface area contributed by atoms with Gasteiger partial charge in [0.05, 0.1) is 11.9 Å². The van der Waals surface area contributed by atoms with Gasteiger partial charge in [-0.05, 0) is 25.0 Å². The van der Waals surface area contributed by atoms with E-state index in [9.17, 15) is 13.5 Å². The van der Waals surface area contributed by atoms with Crippen LogP contribution in [0.25, 0.3) is 0 Å². The molecule has 1 saturated heterocycles. The molecule has 4 nitrogen and oxygen atoms in total. The standard InChI is InChI=1S/C11H14O4S/c12-10-5-1-2-6-11(10)16(13,14)8-9-4-3-7-15-9/h1-2,5-6,9,12H,3-4,7-8H2. The topological polar surface area (TPSA) is 63.6 Å². The van der Waals surface area contributed by atoms with E-state index < -0.39 is 9.84 Å². The molecule has 1 atom stereocenters. The lowest BCUT2D eigenvalue weighted by Gasteiger charge is -2.10. The second-order valence-electron chi connectivity index (χ2n) is 3.88. The van der Waals surface area contributed by atoms with E-state index in [1.807, 2.05) is 0 Å². The summed E-state index contributed by atoms with van der Waals surface area (Å²) in [6, 6.07) is 5.99. The highest BCUT2D eigenvalue weighted by Gasteiger charge is 2.26. The number of para-hydroxylation sites is 1. The fourth-order valence-corrected chi connectivity index (χ4v) is 3.43. The molecule has 1 N–H and O–H groups in total. The maximum Gasteiger partial charge on any atom is 0.184 e. The van der Waals surface area contributed by atoms with Gasteiger partial charge in [0.2, 0.25) is 0 Å². The monoisotopic (exact) mass is 242 g/mol. The minimum absolute atomic E-state index is 0.00880. The zero-order valence-electron chi connectivity index (χ0n) is 8.80. The fourth-order valence-electron chi connectivity index (χ4n) is 1.83. The van der Waals surface area contributed by atoms with E-state index in [0.717, 1.165) is 12.8 Å². The summed E-state index contributed by atoms with van der Waals surface area (Å²) in [5.74, 6) is -0.245. The second-order valence-corrected chi connectivity index (χ2v) is 5.89. The minimum Gasteiger partial charge on any atom is -0.507 e. The first kappa shape index (κ1) is 11.4. The lowest BCUT2D eigenvalue weighted by molar-refractivity contribution is 0.127. The first-order valence-electron chi connectivity index (χ1n) is 5.22. The summed E-state index contributed by atoms with van der Waals surface area (Å²) in [7, 11) is -3.45. The van der Waals surface area contributed by atoms with Crippen molar-refractivity contribution in [2.75, 3.05) is 12.4 Å². The normalized spacial score (nSPS) is 21.1. The van der Waals surface area contributed by atoms with Gasteiger partial charge in [-0.25, -0.2) is 8.42 Å². The molecular weight excluding hydrogens is 228 g/mol. The molecule has 88 valence electrons. The molecule has 1 heterocycles. The van der Waals surface area contributed by atoms with E-state index in [2.05, 4.69) is 0 Å². The van der Waals surface area contributed by atoms with Crippen LogP contribution in [0.3, 0.4) is 0 Å². The number of ether oxygens (including phenoxy) is 1. The third-order valence-electron chi connectivity index (χ3n) is 2.63. The highest BCUT2D eigenvalue weighted by Crippen LogP contribution is 2.25. The molecule has 0 bridgehead atoms. The van der Waals surface area contributed by atoms with Gasteiger partial charge in [-0.3, -0.25) is 0 Å². The molecule has 1 aromatic carbocycles. The van der Waals surface area contributed by atoms with Gasteiger partial charge in [0.25, 0.3) is 0 Å². The van der Waals surface area contributed by atoms with Crippen LogP contribution < -0.4 is 0 Å². The smallest absolute Gasteiger partial charge is 0.184 e. The largest absolute Gasteiger partial charge is 0.507 e. The molecule has 16 heavy (non-hydrogen) atoms. The van der Waals surface area contributed by atoms with Gasteiger partial charge in [-0.15, -0.1) is 0 Å². The first-order chi connectivity index (χ1) is 7.59. The summed E-state index contributed by atoms with van der Waals surface area (Å²) in [5.41, 5.74) is 0. The van der Waals surface area contributed by atoms with Crippen LogP contribution in [-0.2, 0) is 14.6 Å². The quantitative estimate of drug-likeness (QED) is 0.869. The molecule has 2 rings (SSSR count). The second kappa shape index (κ2) is 4.43. The van der Waals surface area contributed by atoms with Gasteiger partial charge in [-0.1, -0.05) is 12.1 Å². The number of rotatable bonds is 3. The zero-order valence-corrected chi connectivity index (χ0v) is 9.61. The molecule has 0 amide bonds. The Hall–Kier alpha value is -1.07. The number of phenols is 1. The van der Waals surface area contributed by atoms with Gasteiger partial charge in [-0.2, -0.15) is 0 Å². The van der Waals surface area contributed by atoms with Crippen molar-refractivity contribution in [3.05, 3.63) is 24.3 Å². The molecule has 1 aromatic rings. The highest BCUT2D eigenvalue weighted by atomic mass is 32.2. The van der Waals surface area contributed by atoms with E-state index in [1.165, 1.54) is 12.1 Å². The van der Waals surface area contributed by atoms with Crippen LogP contribution >= 0.6 is 0 Å². The third kappa shape index (κ3) is 2.36. The predicted molar refractivity (Wildman–Crippen MR) is 59.1 cm³/mol. The Kier molecular flexibility index (Phi) is 3.16. The van der Waals surface area contributed by atoms with Crippen molar-refractivity contribution in [3.8, 4) is 5.75 Å². The summed E-state index contributed by atoms with van der Waals surface area (Å²) in [6.45, 7) is 0.626. The van der Waals surface area contributed by atoms with E-state index in [0.29, 0.717) is 6.61 Å². The average molecular weight is 242 g/mol. The summed E-state index contributed by atoms with van der Waals surface area (Å²) in [5, 5.41) is 9.50. The van der Waals surface area contributed by atoms with Gasteiger partial charge < -0.3 is 9.84 Å². The van der Waals surface area contributed by atoms with Crippen LogP contribution in [0.2, 0.25) is 0 Å². The number of hydrogen-bond acceptors (Lipinski definition) is 4. The molecule has 1 fully saturated rings. The van der Waals surface area contributed by atoms with Crippen LogP contribution in [-0.4, -0.2) is 32.0 Å². The Bertz CT molecular complexity index is 461. The number of benzene rings is 1. The molecular formula is C11H14O4S. The third-order valence-corrected chi connectivity index (χ3v) is 4.46. The van der Waals surface area contributed by atoms with Crippen LogP contribution in [0.4, 0.5) is 0 Å². The van der Waals surface area contributed by atoms with Crippen molar-refractivity contribution >= 4 is 9.84 Å². The number of sulfone groups is 1. The minimum atomic E-state index is -3.45. The van der Waals surface area contributed by atoms with E-state index in [4.69, 9.17) is 4.74 Å². The Morgan fingerprint density at radius 3 is 2.75 bits per heavy atom. The van der Waals surface area contributed by atoms with E-state index >= 15 is 0 Å². The van der Waals surface area contributed by atoms with Crippen molar-refractivity contribution in [1.29, 1.82) is 0 Å². The molecule has 1 aliphatic heterocycles. The molecule has 5 heteroatoms. The van der Waals surface area contributed by atoms with Crippen LogP contribution in [0, 0.1) is 0 Å². The van der Waals surface area contributed by atoms with Crippen molar-refractivity contribution < 1.29 is 18.3 Å². The van der Waals surface area contributed by atoms with Gasteiger partial charge in [0.15, 0.2) is 9.84 Å². The lowest BCUT2D eigenvalue weighted by atomic mass is 10.3. The Morgan fingerprint density at radius 1 is 1.38 bits per heavy atom. The number of phenolic OH excluding ortho intramolecular Hbond substituents is 1. The SMILES string of the molecule is O=S(=O)(CC1CCCO1)c1ccccc1O. The number of aromatic hydroxyl groups is 1. The van der Waals surface area contributed by atoms with Gasteiger partial charge >= 0.3 is 0 Å². The van der Waals surface area contributed by atoms with Crippen molar-refractivity contribution in [1.82, 2.24) is 0 Å². The zero-order chi connectivity index (χ0) is 11.6. The van der Waals surface area contributed by atoms with E-state index in [-0.39, 0.29) is 22.5 Å². The van der Waals surface area contributed by atoms with Gasteiger partial charge in [0.1, 0.15) is 10.6 Å². The molecule has 0 spiro atoms. The molecule has 1 unspecified atom stereocenters. The van der Waals surface area contributed by atoms with Crippen LogP contribution in [0.5, 0.6) is 5.75 Å². The highest BCUT2D eigenvalue weighted by molar-refractivity contribution is 7.91. The van der Waals surface area contributed by atoms with Gasteiger partial charge in [0, 0.05) is 6.61 Å². The fraction of sp³-hybridized carbons (Fsp3) is 0.455. The molecule has 0 aliphatic carbocycles. The Morgan fingerprint density at radius 2 is 2.12 bits per heavy atom. The first-order valence-corrected chi connectivity index (χ1v) is 6.87. The summed E-state index contributed by atoms with van der Waals surface area (Å²) in [6.07, 6.45) is 1.44. The maximum atomic E-state index is 12.0. The van der Waals surface area contributed by atoms with Crippen LogP contribution in [0.15, 0.2) is 29.2 Å².